The van der Waals surface area contributed by atoms with E-state index in [0.29, 0.717) is 21.5 Å². The highest BCUT2D eigenvalue weighted by Crippen LogP contribution is 2.39. The van der Waals surface area contributed by atoms with E-state index in [2.05, 4.69) is 0 Å². The van der Waals surface area contributed by atoms with Gasteiger partial charge < -0.3 is 5.11 Å². The number of thiophene rings is 1. The van der Waals surface area contributed by atoms with Crippen molar-refractivity contribution in [2.75, 3.05) is 6.54 Å². The Hall–Kier alpha value is -0.430. The molecule has 2 aliphatic carbocycles. The Kier molecular flexibility index (Phi) is 3.21. The maximum atomic E-state index is 12.6. The summed E-state index contributed by atoms with van der Waals surface area (Å²) in [4.78, 5) is 0.704. The van der Waals surface area contributed by atoms with Crippen molar-refractivity contribution >= 4 is 21.4 Å². The SMILES string of the molecule is O=S(=O)(c1ccc(CO)s1)N(CC1CC1)C1CC1. The molecule has 2 aliphatic rings. The highest BCUT2D eigenvalue weighted by molar-refractivity contribution is 7.91. The van der Waals surface area contributed by atoms with E-state index >= 15 is 0 Å². The second-order valence-electron chi connectivity index (χ2n) is 5.13. The summed E-state index contributed by atoms with van der Waals surface area (Å²) in [5.74, 6) is 0.567. The smallest absolute Gasteiger partial charge is 0.252 e. The lowest BCUT2D eigenvalue weighted by atomic mass is 10.4. The first-order valence-electron chi connectivity index (χ1n) is 6.32. The number of nitrogens with zero attached hydrogens (tertiary/aromatic N) is 1. The molecule has 1 aromatic rings. The predicted molar refractivity (Wildman–Crippen MR) is 69.9 cm³/mol. The maximum absolute atomic E-state index is 12.6. The zero-order chi connectivity index (χ0) is 12.8. The molecule has 0 bridgehead atoms. The van der Waals surface area contributed by atoms with Crippen LogP contribution < -0.4 is 0 Å². The van der Waals surface area contributed by atoms with Crippen LogP contribution in [-0.4, -0.2) is 30.4 Å². The molecule has 6 heteroatoms. The standard InChI is InChI=1S/C12H17NO3S2/c14-8-11-5-6-12(17-11)18(15,16)13(10-3-4-10)7-9-1-2-9/h5-6,9-10,14H,1-4,7-8H2. The summed E-state index contributed by atoms with van der Waals surface area (Å²) in [7, 11) is -3.34. The van der Waals surface area contributed by atoms with Crippen molar-refractivity contribution < 1.29 is 13.5 Å². The largest absolute Gasteiger partial charge is 0.391 e. The predicted octanol–water partition coefficient (Wildman–Crippen LogP) is 1.80. The van der Waals surface area contributed by atoms with Gasteiger partial charge in [-0.25, -0.2) is 8.42 Å². The Labute approximate surface area is 111 Å². The molecule has 18 heavy (non-hydrogen) atoms. The fourth-order valence-electron chi connectivity index (χ4n) is 2.06. The first kappa shape index (κ1) is 12.6. The van der Waals surface area contributed by atoms with Crippen molar-refractivity contribution in [2.24, 2.45) is 5.92 Å². The van der Waals surface area contributed by atoms with E-state index in [9.17, 15) is 8.42 Å². The zero-order valence-corrected chi connectivity index (χ0v) is 11.7. The van der Waals surface area contributed by atoms with Crippen LogP contribution in [0.5, 0.6) is 0 Å². The molecule has 2 fully saturated rings. The summed E-state index contributed by atoms with van der Waals surface area (Å²) in [6.07, 6.45) is 4.30. The van der Waals surface area contributed by atoms with Gasteiger partial charge >= 0.3 is 0 Å². The van der Waals surface area contributed by atoms with Crippen LogP contribution in [0.4, 0.5) is 0 Å². The molecule has 4 nitrogen and oxygen atoms in total. The van der Waals surface area contributed by atoms with Crippen molar-refractivity contribution in [3.8, 4) is 0 Å². The van der Waals surface area contributed by atoms with E-state index in [4.69, 9.17) is 5.11 Å². The third-order valence-electron chi connectivity index (χ3n) is 3.45. The Morgan fingerprint density at radius 3 is 2.50 bits per heavy atom. The summed E-state index contributed by atoms with van der Waals surface area (Å²) in [6, 6.07) is 3.53. The molecule has 1 N–H and O–H groups in total. The second-order valence-corrected chi connectivity index (χ2v) is 8.41. The molecule has 0 radical (unpaired) electrons. The molecule has 1 heterocycles. The summed E-state index contributed by atoms with van der Waals surface area (Å²) in [5, 5.41) is 9.03. The van der Waals surface area contributed by atoms with Gasteiger partial charge in [0.25, 0.3) is 10.0 Å². The normalized spacial score (nSPS) is 20.6. The average molecular weight is 287 g/mol. The van der Waals surface area contributed by atoms with Crippen LogP contribution in [0.25, 0.3) is 0 Å². The Morgan fingerprint density at radius 1 is 1.28 bits per heavy atom. The number of rotatable bonds is 6. The van der Waals surface area contributed by atoms with Crippen molar-refractivity contribution in [3.05, 3.63) is 17.0 Å². The van der Waals surface area contributed by atoms with Gasteiger partial charge in [0.05, 0.1) is 6.61 Å². The van der Waals surface area contributed by atoms with Gasteiger partial charge in [-0.2, -0.15) is 4.31 Å². The van der Waals surface area contributed by atoms with Crippen molar-refractivity contribution in [1.82, 2.24) is 4.31 Å². The van der Waals surface area contributed by atoms with Gasteiger partial charge in [0, 0.05) is 17.5 Å². The highest BCUT2D eigenvalue weighted by Gasteiger charge is 2.41. The Bertz CT molecular complexity index is 529. The molecule has 0 saturated heterocycles. The molecule has 0 spiro atoms. The van der Waals surface area contributed by atoms with E-state index in [1.54, 1.807) is 16.4 Å². The Balaban J connectivity index is 1.85. The number of aliphatic hydroxyl groups excluding tert-OH is 1. The van der Waals surface area contributed by atoms with E-state index in [1.807, 2.05) is 0 Å². The average Bonchev–Trinajstić information content (AvgIpc) is 3.24. The minimum absolute atomic E-state index is 0.0910. The second kappa shape index (κ2) is 4.59. The third-order valence-corrected chi connectivity index (χ3v) is 6.90. The molecular weight excluding hydrogens is 270 g/mol. The fraction of sp³-hybridized carbons (Fsp3) is 0.667. The summed E-state index contributed by atoms with van der Waals surface area (Å²) < 4.78 is 27.2. The van der Waals surface area contributed by atoms with Gasteiger partial charge in [-0.1, -0.05) is 0 Å². The number of aliphatic hydroxyl groups is 1. The van der Waals surface area contributed by atoms with Crippen LogP contribution in [0.2, 0.25) is 0 Å². The molecule has 0 amide bonds. The minimum atomic E-state index is -3.34. The Morgan fingerprint density at radius 2 is 2.00 bits per heavy atom. The van der Waals surface area contributed by atoms with E-state index in [-0.39, 0.29) is 12.6 Å². The van der Waals surface area contributed by atoms with Crippen LogP contribution in [0.3, 0.4) is 0 Å². The van der Waals surface area contributed by atoms with Gasteiger partial charge in [0.15, 0.2) is 0 Å². The summed E-state index contributed by atoms with van der Waals surface area (Å²) in [6.45, 7) is 0.589. The monoisotopic (exact) mass is 287 g/mol. The maximum Gasteiger partial charge on any atom is 0.252 e. The van der Waals surface area contributed by atoms with E-state index < -0.39 is 10.0 Å². The van der Waals surface area contributed by atoms with Crippen molar-refractivity contribution in [3.63, 3.8) is 0 Å². The molecule has 0 atom stereocenters. The van der Waals surface area contributed by atoms with Gasteiger partial charge in [-0.3, -0.25) is 0 Å². The lowest BCUT2D eigenvalue weighted by Crippen LogP contribution is -2.34. The lowest BCUT2D eigenvalue weighted by molar-refractivity contribution is 0.285. The van der Waals surface area contributed by atoms with E-state index in [1.165, 1.54) is 11.3 Å². The van der Waals surface area contributed by atoms with Gasteiger partial charge in [-0.15, -0.1) is 11.3 Å². The van der Waals surface area contributed by atoms with E-state index in [0.717, 1.165) is 25.7 Å². The molecule has 2 saturated carbocycles. The van der Waals surface area contributed by atoms with Gasteiger partial charge in [0.2, 0.25) is 0 Å². The number of hydrogen-bond acceptors (Lipinski definition) is 4. The molecule has 0 aliphatic heterocycles. The molecule has 0 aromatic carbocycles. The first-order chi connectivity index (χ1) is 8.61. The van der Waals surface area contributed by atoms with Crippen LogP contribution in [-0.2, 0) is 16.6 Å². The van der Waals surface area contributed by atoms with Crippen LogP contribution in [0.1, 0.15) is 30.6 Å². The summed E-state index contributed by atoms with van der Waals surface area (Å²) in [5.41, 5.74) is 0. The van der Waals surface area contributed by atoms with Gasteiger partial charge in [-0.05, 0) is 43.7 Å². The highest BCUT2D eigenvalue weighted by atomic mass is 32.2. The molecule has 0 unspecified atom stereocenters. The topological polar surface area (TPSA) is 57.6 Å². The quantitative estimate of drug-likeness (QED) is 0.868. The zero-order valence-electron chi connectivity index (χ0n) is 10.1. The van der Waals surface area contributed by atoms with Crippen molar-refractivity contribution in [1.29, 1.82) is 0 Å². The molecule has 3 rings (SSSR count). The molecule has 100 valence electrons. The number of hydrogen-bond donors (Lipinski definition) is 1. The number of sulfonamides is 1. The van der Waals surface area contributed by atoms with Gasteiger partial charge in [0.1, 0.15) is 4.21 Å². The molecular formula is C12H17NO3S2. The van der Waals surface area contributed by atoms with Crippen LogP contribution >= 0.6 is 11.3 Å². The minimum Gasteiger partial charge on any atom is -0.391 e. The lowest BCUT2D eigenvalue weighted by Gasteiger charge is -2.20. The fourth-order valence-corrected chi connectivity index (χ4v) is 5.16. The summed E-state index contributed by atoms with van der Waals surface area (Å²) >= 11 is 1.18. The van der Waals surface area contributed by atoms with Crippen LogP contribution in [0.15, 0.2) is 16.3 Å². The van der Waals surface area contributed by atoms with Crippen LogP contribution in [0, 0.1) is 5.92 Å². The van der Waals surface area contributed by atoms with Crippen molar-refractivity contribution in [2.45, 2.75) is 42.5 Å². The molecule has 1 aromatic heterocycles. The third kappa shape index (κ3) is 2.47. The first-order valence-corrected chi connectivity index (χ1v) is 8.58.